The van der Waals surface area contributed by atoms with Crippen LogP contribution in [0.15, 0.2) is 42.5 Å². The van der Waals surface area contributed by atoms with Gasteiger partial charge in [-0.3, -0.25) is 0 Å². The lowest BCUT2D eigenvalue weighted by atomic mass is 10.1. The molecule has 0 saturated heterocycles. The Bertz CT molecular complexity index is 676. The molecule has 2 N–H and O–H groups in total. The van der Waals surface area contributed by atoms with Crippen molar-refractivity contribution in [1.82, 2.24) is 0 Å². The van der Waals surface area contributed by atoms with Crippen molar-refractivity contribution in [1.29, 1.82) is 5.26 Å². The number of benzene rings is 2. The van der Waals surface area contributed by atoms with Gasteiger partial charge in [0.2, 0.25) is 0 Å². The fourth-order valence-electron chi connectivity index (χ4n) is 2.20. The third-order valence-electron chi connectivity index (χ3n) is 3.26. The van der Waals surface area contributed by atoms with Crippen LogP contribution in [0.25, 0.3) is 0 Å². The molecule has 3 rings (SSSR count). The lowest BCUT2D eigenvalue weighted by Crippen LogP contribution is -2.10. The van der Waals surface area contributed by atoms with Crippen molar-refractivity contribution < 1.29 is 9.47 Å². The zero-order valence-electron chi connectivity index (χ0n) is 10.9. The predicted octanol–water partition coefficient (Wildman–Crippen LogP) is 2.53. The van der Waals surface area contributed by atoms with Crippen LogP contribution in [0, 0.1) is 11.3 Å². The summed E-state index contributed by atoms with van der Waals surface area (Å²) < 4.78 is 11.2. The summed E-state index contributed by atoms with van der Waals surface area (Å²) in [4.78, 5) is 0. The Morgan fingerprint density at radius 3 is 3.05 bits per heavy atom. The van der Waals surface area contributed by atoms with Gasteiger partial charge in [-0.2, -0.15) is 5.26 Å². The smallest absolute Gasteiger partial charge is 0.127 e. The Kier molecular flexibility index (Phi) is 3.28. The van der Waals surface area contributed by atoms with Gasteiger partial charge in [0.15, 0.2) is 0 Å². The first-order valence-corrected chi connectivity index (χ1v) is 6.40. The molecule has 0 spiro atoms. The summed E-state index contributed by atoms with van der Waals surface area (Å²) in [6.07, 6.45) is 0. The molecular formula is C16H14N2O2. The van der Waals surface area contributed by atoms with Crippen LogP contribution in [0.2, 0.25) is 0 Å². The third kappa shape index (κ3) is 2.44. The van der Waals surface area contributed by atoms with Crippen LogP contribution in [0.3, 0.4) is 0 Å². The number of hydrogen-bond acceptors (Lipinski definition) is 4. The second kappa shape index (κ2) is 5.24. The zero-order chi connectivity index (χ0) is 13.9. The van der Waals surface area contributed by atoms with E-state index in [9.17, 15) is 0 Å². The van der Waals surface area contributed by atoms with E-state index in [1.807, 2.05) is 36.4 Å². The van der Waals surface area contributed by atoms with E-state index in [1.54, 1.807) is 6.07 Å². The van der Waals surface area contributed by atoms with E-state index in [4.69, 9.17) is 20.5 Å². The lowest BCUT2D eigenvalue weighted by molar-refractivity contribution is 0.301. The summed E-state index contributed by atoms with van der Waals surface area (Å²) in [6, 6.07) is 15.1. The lowest BCUT2D eigenvalue weighted by Gasteiger charge is -2.08. The van der Waals surface area contributed by atoms with Crippen LogP contribution < -0.4 is 15.2 Å². The highest BCUT2D eigenvalue weighted by Gasteiger charge is 2.20. The fourth-order valence-corrected chi connectivity index (χ4v) is 2.20. The number of ether oxygens (including phenoxy) is 2. The first-order chi connectivity index (χ1) is 9.76. The molecule has 0 fully saturated rings. The Balaban J connectivity index is 1.71. The fraction of sp³-hybridized carbons (Fsp3) is 0.188. The summed E-state index contributed by atoms with van der Waals surface area (Å²) in [5.74, 6) is 1.53. The number of nitrogens with two attached hydrogens (primary N) is 1. The summed E-state index contributed by atoms with van der Waals surface area (Å²) in [7, 11) is 0. The second-order valence-corrected chi connectivity index (χ2v) is 4.72. The van der Waals surface area contributed by atoms with E-state index < -0.39 is 0 Å². The molecule has 1 aliphatic rings. The van der Waals surface area contributed by atoms with Crippen LogP contribution in [-0.2, 0) is 6.61 Å². The SMILES string of the molecule is N#Cc1cccc(COc2ccc3c(c2)OCC3N)c1. The van der Waals surface area contributed by atoms with Crippen molar-refractivity contribution >= 4 is 0 Å². The largest absolute Gasteiger partial charge is 0.491 e. The van der Waals surface area contributed by atoms with E-state index >= 15 is 0 Å². The molecule has 2 aromatic rings. The normalized spacial score (nSPS) is 16.1. The zero-order valence-corrected chi connectivity index (χ0v) is 10.9. The average Bonchev–Trinajstić information content (AvgIpc) is 2.86. The highest BCUT2D eigenvalue weighted by Crippen LogP contribution is 2.34. The quantitative estimate of drug-likeness (QED) is 0.926. The molecule has 0 bridgehead atoms. The molecule has 0 aromatic heterocycles. The Labute approximate surface area is 117 Å². The van der Waals surface area contributed by atoms with Crippen molar-refractivity contribution in [2.75, 3.05) is 6.61 Å². The molecule has 1 atom stereocenters. The van der Waals surface area contributed by atoms with Gasteiger partial charge in [-0.25, -0.2) is 0 Å². The highest BCUT2D eigenvalue weighted by molar-refractivity contribution is 5.45. The minimum absolute atomic E-state index is 0.0497. The summed E-state index contributed by atoms with van der Waals surface area (Å²) in [5, 5.41) is 8.86. The number of fused-ring (bicyclic) bond motifs is 1. The maximum Gasteiger partial charge on any atom is 0.127 e. The average molecular weight is 266 g/mol. The van der Waals surface area contributed by atoms with Crippen LogP contribution in [0.5, 0.6) is 11.5 Å². The third-order valence-corrected chi connectivity index (χ3v) is 3.26. The number of nitrogens with zero attached hydrogens (tertiary/aromatic N) is 1. The van der Waals surface area contributed by atoms with E-state index in [-0.39, 0.29) is 6.04 Å². The van der Waals surface area contributed by atoms with Gasteiger partial charge >= 0.3 is 0 Å². The van der Waals surface area contributed by atoms with Crippen molar-refractivity contribution in [3.63, 3.8) is 0 Å². The molecule has 4 heteroatoms. The first kappa shape index (κ1) is 12.5. The predicted molar refractivity (Wildman–Crippen MR) is 74.4 cm³/mol. The molecule has 1 heterocycles. The van der Waals surface area contributed by atoms with Gasteiger partial charge in [-0.05, 0) is 29.8 Å². The Morgan fingerprint density at radius 2 is 2.20 bits per heavy atom. The molecule has 20 heavy (non-hydrogen) atoms. The number of nitriles is 1. The summed E-state index contributed by atoms with van der Waals surface area (Å²) in [6.45, 7) is 0.934. The van der Waals surface area contributed by atoms with Crippen LogP contribution >= 0.6 is 0 Å². The van der Waals surface area contributed by atoms with E-state index in [1.165, 1.54) is 0 Å². The molecule has 2 aromatic carbocycles. The van der Waals surface area contributed by atoms with Crippen LogP contribution in [0.1, 0.15) is 22.7 Å². The molecule has 100 valence electrons. The van der Waals surface area contributed by atoms with Crippen LogP contribution in [0.4, 0.5) is 0 Å². The first-order valence-electron chi connectivity index (χ1n) is 6.40. The number of rotatable bonds is 3. The van der Waals surface area contributed by atoms with Gasteiger partial charge in [0.25, 0.3) is 0 Å². The second-order valence-electron chi connectivity index (χ2n) is 4.72. The Morgan fingerprint density at radius 1 is 1.30 bits per heavy atom. The molecule has 4 nitrogen and oxygen atoms in total. The van der Waals surface area contributed by atoms with Gasteiger partial charge < -0.3 is 15.2 Å². The van der Waals surface area contributed by atoms with Crippen molar-refractivity contribution in [2.45, 2.75) is 12.6 Å². The minimum Gasteiger partial charge on any atom is -0.491 e. The monoisotopic (exact) mass is 266 g/mol. The molecule has 0 amide bonds. The minimum atomic E-state index is -0.0497. The molecule has 1 aliphatic heterocycles. The Hall–Kier alpha value is -2.51. The van der Waals surface area contributed by atoms with Gasteiger partial charge in [0.05, 0.1) is 17.7 Å². The van der Waals surface area contributed by atoms with Crippen LogP contribution in [-0.4, -0.2) is 6.61 Å². The van der Waals surface area contributed by atoms with Gasteiger partial charge in [0.1, 0.15) is 24.7 Å². The standard InChI is InChI=1S/C16H14N2O2/c17-8-11-2-1-3-12(6-11)9-19-13-4-5-14-15(18)10-20-16(14)7-13/h1-7,15H,9-10,18H2. The number of hydrogen-bond donors (Lipinski definition) is 1. The molecule has 0 radical (unpaired) electrons. The van der Waals surface area contributed by atoms with E-state index in [0.29, 0.717) is 18.8 Å². The van der Waals surface area contributed by atoms with E-state index in [2.05, 4.69) is 6.07 Å². The van der Waals surface area contributed by atoms with Gasteiger partial charge in [-0.15, -0.1) is 0 Å². The van der Waals surface area contributed by atoms with Crippen molar-refractivity contribution in [3.05, 3.63) is 59.2 Å². The topological polar surface area (TPSA) is 68.3 Å². The molecule has 0 aliphatic carbocycles. The van der Waals surface area contributed by atoms with Crippen molar-refractivity contribution in [2.24, 2.45) is 5.73 Å². The maximum absolute atomic E-state index is 8.86. The maximum atomic E-state index is 8.86. The summed E-state index contributed by atoms with van der Waals surface area (Å²) in [5.41, 5.74) is 8.51. The highest BCUT2D eigenvalue weighted by atomic mass is 16.5. The van der Waals surface area contributed by atoms with E-state index in [0.717, 1.165) is 22.6 Å². The molecule has 0 saturated carbocycles. The summed E-state index contributed by atoms with van der Waals surface area (Å²) >= 11 is 0. The molecular weight excluding hydrogens is 252 g/mol. The van der Waals surface area contributed by atoms with Gasteiger partial charge in [-0.1, -0.05) is 12.1 Å². The van der Waals surface area contributed by atoms with Gasteiger partial charge in [0, 0.05) is 11.6 Å². The van der Waals surface area contributed by atoms with Crippen molar-refractivity contribution in [3.8, 4) is 17.6 Å². The molecule has 1 unspecified atom stereocenters.